The van der Waals surface area contributed by atoms with E-state index in [2.05, 4.69) is 35.1 Å². The van der Waals surface area contributed by atoms with Gasteiger partial charge in [-0.25, -0.2) is 4.79 Å². The summed E-state index contributed by atoms with van der Waals surface area (Å²) >= 11 is 3.51. The second-order valence-corrected chi connectivity index (χ2v) is 8.03. The second kappa shape index (κ2) is 8.78. The van der Waals surface area contributed by atoms with Crippen LogP contribution in [0.2, 0.25) is 0 Å². The molecule has 3 unspecified atom stereocenters. The zero-order valence-electron chi connectivity index (χ0n) is 16.3. The third-order valence-corrected chi connectivity index (χ3v) is 5.79. The summed E-state index contributed by atoms with van der Waals surface area (Å²) in [7, 11) is 0. The number of anilines is 1. The molecular weight excluding hydrogens is 420 g/mol. The molecule has 0 radical (unpaired) electrons. The van der Waals surface area contributed by atoms with E-state index in [1.165, 1.54) is 0 Å². The van der Waals surface area contributed by atoms with Gasteiger partial charge in [-0.15, -0.1) is 0 Å². The number of rotatable bonds is 4. The summed E-state index contributed by atoms with van der Waals surface area (Å²) in [4.78, 5) is 26.7. The van der Waals surface area contributed by atoms with Crippen molar-refractivity contribution in [2.75, 3.05) is 4.90 Å². The molecule has 3 atom stereocenters. The van der Waals surface area contributed by atoms with E-state index in [-0.39, 0.29) is 30.5 Å². The number of carbonyl (C=O) groups excluding carboxylic acids is 2. The molecule has 0 saturated carbocycles. The summed E-state index contributed by atoms with van der Waals surface area (Å²) in [5, 5.41) is 3.03. The van der Waals surface area contributed by atoms with Crippen LogP contribution in [0.5, 0.6) is 0 Å². The first-order valence-corrected chi connectivity index (χ1v) is 10.3. The lowest BCUT2D eigenvalue weighted by Crippen LogP contribution is -2.51. The third-order valence-electron chi connectivity index (χ3n) is 5.29. The molecule has 0 spiro atoms. The van der Waals surface area contributed by atoms with Crippen LogP contribution in [-0.4, -0.2) is 18.0 Å². The zero-order chi connectivity index (χ0) is 20.3. The predicted molar refractivity (Wildman–Crippen MR) is 113 cm³/mol. The summed E-state index contributed by atoms with van der Waals surface area (Å²) in [6, 6.07) is 15.2. The zero-order valence-corrected chi connectivity index (χ0v) is 17.9. The maximum atomic E-state index is 12.5. The van der Waals surface area contributed by atoms with Crippen molar-refractivity contribution in [1.29, 1.82) is 0 Å². The van der Waals surface area contributed by atoms with Gasteiger partial charge < -0.3 is 15.0 Å². The van der Waals surface area contributed by atoms with Crippen LogP contribution < -0.4 is 10.2 Å². The van der Waals surface area contributed by atoms with Crippen molar-refractivity contribution in [3.8, 4) is 0 Å². The summed E-state index contributed by atoms with van der Waals surface area (Å²) in [6.45, 7) is 5.93. The van der Waals surface area contributed by atoms with Crippen molar-refractivity contribution < 1.29 is 14.3 Å². The first kappa shape index (κ1) is 20.4. The number of fused-ring (bicyclic) bond motifs is 1. The Hall–Kier alpha value is -2.34. The number of amides is 2. The van der Waals surface area contributed by atoms with Gasteiger partial charge in [0, 0.05) is 29.0 Å². The molecular formula is C22H25BrN2O3. The molecule has 0 aliphatic carbocycles. The third kappa shape index (κ3) is 4.22. The summed E-state index contributed by atoms with van der Waals surface area (Å²) < 4.78 is 6.33. The van der Waals surface area contributed by atoms with Crippen LogP contribution in [0.1, 0.15) is 44.4 Å². The fourth-order valence-corrected chi connectivity index (χ4v) is 4.35. The number of carbonyl (C=O) groups is 2. The van der Waals surface area contributed by atoms with Crippen LogP contribution in [0.3, 0.4) is 0 Å². The minimum Gasteiger partial charge on any atom is -0.445 e. The molecule has 0 bridgehead atoms. The Morgan fingerprint density at radius 2 is 1.89 bits per heavy atom. The van der Waals surface area contributed by atoms with Crippen LogP contribution in [0.25, 0.3) is 0 Å². The van der Waals surface area contributed by atoms with Crippen molar-refractivity contribution in [1.82, 2.24) is 5.32 Å². The Kier molecular flexibility index (Phi) is 6.39. The average molecular weight is 445 g/mol. The van der Waals surface area contributed by atoms with Crippen molar-refractivity contribution in [2.45, 2.75) is 45.9 Å². The van der Waals surface area contributed by atoms with E-state index in [1.54, 1.807) is 6.92 Å². The Morgan fingerprint density at radius 3 is 2.54 bits per heavy atom. The van der Waals surface area contributed by atoms with Crippen molar-refractivity contribution in [3.05, 3.63) is 64.1 Å². The fourth-order valence-electron chi connectivity index (χ4n) is 3.97. The molecule has 1 aliphatic heterocycles. The van der Waals surface area contributed by atoms with E-state index in [0.29, 0.717) is 0 Å². The molecule has 28 heavy (non-hydrogen) atoms. The highest BCUT2D eigenvalue weighted by Crippen LogP contribution is 2.43. The molecule has 0 aromatic heterocycles. The quantitative estimate of drug-likeness (QED) is 0.704. The lowest BCUT2D eigenvalue weighted by atomic mass is 9.81. The Labute approximate surface area is 174 Å². The van der Waals surface area contributed by atoms with Crippen molar-refractivity contribution in [3.63, 3.8) is 0 Å². The maximum Gasteiger partial charge on any atom is 0.407 e. The summed E-state index contributed by atoms with van der Waals surface area (Å²) in [5.41, 5.74) is 2.69. The van der Waals surface area contributed by atoms with Gasteiger partial charge in [0.25, 0.3) is 0 Å². The standard InChI is InChI=1S/C22H25BrN2O3/c1-4-19-14(2)21(24-22(27)28-13-16-8-6-5-7-9-16)18-12-17(23)10-11-20(18)25(19)15(3)26/h5-12,14,19,21H,4,13H2,1-3H3,(H,24,27). The van der Waals surface area contributed by atoms with Gasteiger partial charge >= 0.3 is 6.09 Å². The molecule has 1 heterocycles. The minimum atomic E-state index is -0.460. The van der Waals surface area contributed by atoms with Gasteiger partial charge in [0.2, 0.25) is 5.91 Å². The molecule has 0 saturated heterocycles. The van der Waals surface area contributed by atoms with Crippen LogP contribution in [0, 0.1) is 5.92 Å². The van der Waals surface area contributed by atoms with Crippen LogP contribution in [0.15, 0.2) is 53.0 Å². The van der Waals surface area contributed by atoms with Gasteiger partial charge in [-0.05, 0) is 35.7 Å². The first-order valence-electron chi connectivity index (χ1n) is 9.48. The van der Waals surface area contributed by atoms with Gasteiger partial charge in [0.1, 0.15) is 6.61 Å². The number of hydrogen-bond acceptors (Lipinski definition) is 3. The van der Waals surface area contributed by atoms with Crippen molar-refractivity contribution in [2.24, 2.45) is 5.92 Å². The number of halogens is 1. The smallest absolute Gasteiger partial charge is 0.407 e. The monoisotopic (exact) mass is 444 g/mol. The Balaban J connectivity index is 1.84. The number of nitrogens with zero attached hydrogens (tertiary/aromatic N) is 1. The molecule has 1 aliphatic rings. The van der Waals surface area contributed by atoms with Gasteiger partial charge in [-0.2, -0.15) is 0 Å². The largest absolute Gasteiger partial charge is 0.445 e. The molecule has 6 heteroatoms. The van der Waals surface area contributed by atoms with E-state index in [9.17, 15) is 9.59 Å². The van der Waals surface area contributed by atoms with E-state index >= 15 is 0 Å². The van der Waals surface area contributed by atoms with E-state index in [1.807, 2.05) is 53.4 Å². The maximum absolute atomic E-state index is 12.5. The molecule has 5 nitrogen and oxygen atoms in total. The minimum absolute atomic E-state index is 0.00518. The fraction of sp³-hybridized carbons (Fsp3) is 0.364. The van der Waals surface area contributed by atoms with Crippen LogP contribution >= 0.6 is 15.9 Å². The number of nitrogens with one attached hydrogen (secondary N) is 1. The van der Waals surface area contributed by atoms with Crippen LogP contribution in [-0.2, 0) is 16.1 Å². The van der Waals surface area contributed by atoms with Gasteiger partial charge in [-0.1, -0.05) is 60.1 Å². The molecule has 148 valence electrons. The average Bonchev–Trinajstić information content (AvgIpc) is 2.68. The topological polar surface area (TPSA) is 58.6 Å². The molecule has 3 rings (SSSR count). The van der Waals surface area contributed by atoms with E-state index in [4.69, 9.17) is 4.74 Å². The highest BCUT2D eigenvalue weighted by Gasteiger charge is 2.40. The number of alkyl carbamates (subject to hydrolysis) is 1. The number of benzene rings is 2. The van der Waals surface area contributed by atoms with Crippen molar-refractivity contribution >= 4 is 33.6 Å². The SMILES string of the molecule is CCC1C(C)C(NC(=O)OCc2ccccc2)c2cc(Br)ccc2N1C(C)=O. The first-order chi connectivity index (χ1) is 13.4. The Bertz CT molecular complexity index is 856. The molecule has 0 fully saturated rings. The molecule has 2 aromatic carbocycles. The summed E-state index contributed by atoms with van der Waals surface area (Å²) in [5.74, 6) is 0.0485. The van der Waals surface area contributed by atoms with Gasteiger partial charge in [0.05, 0.1) is 6.04 Å². The van der Waals surface area contributed by atoms with E-state index in [0.717, 1.165) is 27.7 Å². The van der Waals surface area contributed by atoms with Gasteiger partial charge in [0.15, 0.2) is 0 Å². The highest BCUT2D eigenvalue weighted by molar-refractivity contribution is 9.10. The normalized spacial score (nSPS) is 21.0. The van der Waals surface area contributed by atoms with Crippen LogP contribution in [0.4, 0.5) is 10.5 Å². The van der Waals surface area contributed by atoms with E-state index < -0.39 is 6.09 Å². The molecule has 2 aromatic rings. The molecule has 1 N–H and O–H groups in total. The lowest BCUT2D eigenvalue weighted by Gasteiger charge is -2.45. The highest BCUT2D eigenvalue weighted by atomic mass is 79.9. The number of hydrogen-bond donors (Lipinski definition) is 1. The van der Waals surface area contributed by atoms with Gasteiger partial charge in [-0.3, -0.25) is 4.79 Å². The summed E-state index contributed by atoms with van der Waals surface area (Å²) in [6.07, 6.45) is 0.339. The Morgan fingerprint density at radius 1 is 1.18 bits per heavy atom. The number of ether oxygens (including phenoxy) is 1. The predicted octanol–water partition coefficient (Wildman–Crippen LogP) is 5.20. The molecule has 2 amide bonds. The lowest BCUT2D eigenvalue weighted by molar-refractivity contribution is -0.117. The second-order valence-electron chi connectivity index (χ2n) is 7.11.